The second kappa shape index (κ2) is 10.9. The Morgan fingerprint density at radius 1 is 1.13 bits per heavy atom. The third-order valence-electron chi connectivity index (χ3n) is 9.94. The summed E-state index contributed by atoms with van der Waals surface area (Å²) in [4.78, 5) is 17.7. The van der Waals surface area contributed by atoms with Crippen molar-refractivity contribution in [1.29, 1.82) is 0 Å². The fourth-order valence-electron chi connectivity index (χ4n) is 7.91. The molecule has 4 fully saturated rings. The van der Waals surface area contributed by atoms with Crippen molar-refractivity contribution in [3.63, 3.8) is 0 Å². The van der Waals surface area contributed by atoms with Crippen LogP contribution in [0, 0.1) is 24.0 Å². The molecule has 240 valence electrons. The van der Waals surface area contributed by atoms with Crippen molar-refractivity contribution < 1.29 is 27.4 Å². The number of aromatic hydroxyl groups is 1. The van der Waals surface area contributed by atoms with Crippen molar-refractivity contribution in [2.24, 2.45) is 0 Å². The SMILES string of the molecule is C#Cc1c(F)ccc2cc(O)cc(-c3ncc4c(N5C[C@H]6CC[C@@H](C5)N6)nc(OCC56CC(=C)CN5CC(=C(F)F)C6)nc4c3F)c12. The van der Waals surface area contributed by atoms with Crippen LogP contribution < -0.4 is 15.0 Å². The zero-order chi connectivity index (χ0) is 32.6. The normalized spacial score (nSPS) is 23.9. The summed E-state index contributed by atoms with van der Waals surface area (Å²) in [6.07, 6.45) is 8.07. The molecule has 12 heteroatoms. The number of ether oxygens (including phenoxy) is 1. The number of pyridine rings is 1. The van der Waals surface area contributed by atoms with Crippen molar-refractivity contribution in [3.05, 3.63) is 71.5 Å². The summed E-state index contributed by atoms with van der Waals surface area (Å²) in [5, 5.41) is 15.1. The van der Waals surface area contributed by atoms with Gasteiger partial charge in [0.2, 0.25) is 0 Å². The van der Waals surface area contributed by atoms with Crippen LogP contribution in [0.4, 0.5) is 23.4 Å². The van der Waals surface area contributed by atoms with Crippen LogP contribution in [0.1, 0.15) is 31.2 Å². The Hall–Kier alpha value is -4.73. The zero-order valence-corrected chi connectivity index (χ0v) is 25.3. The third kappa shape index (κ3) is 4.87. The first-order valence-electron chi connectivity index (χ1n) is 15.5. The van der Waals surface area contributed by atoms with Gasteiger partial charge in [-0.15, -0.1) is 6.42 Å². The predicted octanol–water partition coefficient (Wildman–Crippen LogP) is 5.68. The highest BCUT2D eigenvalue weighted by molar-refractivity contribution is 6.03. The number of piperazine rings is 1. The fraction of sp³-hybridized carbons (Fsp3) is 0.343. The molecule has 2 bridgehead atoms. The summed E-state index contributed by atoms with van der Waals surface area (Å²) in [7, 11) is 0. The van der Waals surface area contributed by atoms with Crippen molar-refractivity contribution in [1.82, 2.24) is 25.2 Å². The monoisotopic (exact) mass is 642 g/mol. The maximum Gasteiger partial charge on any atom is 0.319 e. The molecule has 0 spiro atoms. The van der Waals surface area contributed by atoms with E-state index < -0.39 is 23.3 Å². The minimum atomic E-state index is -1.68. The van der Waals surface area contributed by atoms with Crippen molar-refractivity contribution in [2.45, 2.75) is 43.3 Å². The number of fused-ring (bicyclic) bond motifs is 5. The molecule has 0 aliphatic carbocycles. The maximum absolute atomic E-state index is 16.8. The molecule has 4 saturated heterocycles. The third-order valence-corrected chi connectivity index (χ3v) is 9.94. The number of hydrogen-bond donors (Lipinski definition) is 2. The Balaban J connectivity index is 1.27. The van der Waals surface area contributed by atoms with Crippen LogP contribution in [0.2, 0.25) is 0 Å². The molecule has 0 saturated carbocycles. The van der Waals surface area contributed by atoms with Crippen molar-refractivity contribution >= 4 is 27.5 Å². The Morgan fingerprint density at radius 3 is 2.66 bits per heavy atom. The lowest BCUT2D eigenvalue weighted by Gasteiger charge is -2.34. The lowest BCUT2D eigenvalue weighted by Crippen LogP contribution is -2.51. The molecular formula is C35H30F4N6O2. The molecular weight excluding hydrogens is 612 g/mol. The van der Waals surface area contributed by atoms with E-state index in [4.69, 9.17) is 16.1 Å². The van der Waals surface area contributed by atoms with E-state index in [0.717, 1.165) is 18.4 Å². The first-order valence-corrected chi connectivity index (χ1v) is 15.5. The lowest BCUT2D eigenvalue weighted by molar-refractivity contribution is 0.108. The molecule has 6 heterocycles. The summed E-state index contributed by atoms with van der Waals surface area (Å²) in [6, 6.07) is 5.75. The predicted molar refractivity (Wildman–Crippen MR) is 169 cm³/mol. The summed E-state index contributed by atoms with van der Waals surface area (Å²) in [5.41, 5.74) is 0.0129. The van der Waals surface area contributed by atoms with Gasteiger partial charge in [-0.1, -0.05) is 24.1 Å². The minimum absolute atomic E-state index is 0.00210. The molecule has 2 N–H and O–H groups in total. The molecule has 0 amide bonds. The van der Waals surface area contributed by atoms with Gasteiger partial charge >= 0.3 is 6.01 Å². The molecule has 4 aliphatic rings. The fourth-order valence-corrected chi connectivity index (χ4v) is 7.91. The molecule has 47 heavy (non-hydrogen) atoms. The molecule has 4 aliphatic heterocycles. The van der Waals surface area contributed by atoms with Gasteiger partial charge in [0.1, 0.15) is 35.2 Å². The molecule has 1 unspecified atom stereocenters. The van der Waals surface area contributed by atoms with Crippen LogP contribution in [0.25, 0.3) is 32.9 Å². The van der Waals surface area contributed by atoms with E-state index in [-0.39, 0.29) is 76.7 Å². The van der Waals surface area contributed by atoms with E-state index in [0.29, 0.717) is 42.6 Å². The number of anilines is 1. The van der Waals surface area contributed by atoms with Crippen LogP contribution >= 0.6 is 0 Å². The van der Waals surface area contributed by atoms with Gasteiger partial charge in [0, 0.05) is 61.0 Å². The Morgan fingerprint density at radius 2 is 1.91 bits per heavy atom. The van der Waals surface area contributed by atoms with Crippen LogP contribution in [0.3, 0.4) is 0 Å². The van der Waals surface area contributed by atoms with Crippen LogP contribution in [0.15, 0.2) is 54.3 Å². The number of nitrogens with one attached hydrogen (secondary N) is 1. The van der Waals surface area contributed by atoms with Gasteiger partial charge in [0.15, 0.2) is 5.82 Å². The van der Waals surface area contributed by atoms with Crippen molar-refractivity contribution in [2.75, 3.05) is 37.7 Å². The number of benzene rings is 2. The van der Waals surface area contributed by atoms with E-state index in [2.05, 4.69) is 32.7 Å². The number of hydrogen-bond acceptors (Lipinski definition) is 8. The summed E-state index contributed by atoms with van der Waals surface area (Å²) in [5.74, 6) is 1.13. The first kappa shape index (κ1) is 29.7. The van der Waals surface area contributed by atoms with E-state index in [1.54, 1.807) is 0 Å². The number of terminal acetylenes is 1. The first-order chi connectivity index (χ1) is 22.6. The highest BCUT2D eigenvalue weighted by Gasteiger charge is 2.50. The molecule has 8 rings (SSSR count). The standard InChI is InChI=1S/C35H30F4N6O2/c1-3-24-27(36)7-4-19-8-23(46)9-25(28(19)24)30-29(37)31-26(12-40-30)33(44-15-21-5-6-22(16-44)41-21)43-34(42-31)47-17-35-10-18(2)13-45(35)14-20(11-35)32(38)39/h1,4,7-9,12,21-22,41,46H,2,5-6,10-11,13-17H2/t21-,22+,35?. The summed E-state index contributed by atoms with van der Waals surface area (Å²) in [6.45, 7) is 5.96. The number of rotatable bonds is 5. The maximum atomic E-state index is 16.8. The number of nitrogens with zero attached hydrogens (tertiary/aromatic N) is 5. The van der Waals surface area contributed by atoms with E-state index in [1.807, 2.05) is 4.90 Å². The quantitative estimate of drug-likeness (QED) is 0.163. The van der Waals surface area contributed by atoms with Gasteiger partial charge in [-0.2, -0.15) is 18.7 Å². The highest BCUT2D eigenvalue weighted by Crippen LogP contribution is 2.45. The van der Waals surface area contributed by atoms with E-state index in [1.165, 1.54) is 30.5 Å². The number of halogens is 4. The van der Waals surface area contributed by atoms with Gasteiger partial charge in [0.05, 0.1) is 16.5 Å². The zero-order valence-electron chi connectivity index (χ0n) is 25.3. The Labute approximate surface area is 267 Å². The number of aromatic nitrogens is 3. The summed E-state index contributed by atoms with van der Waals surface area (Å²) >= 11 is 0. The number of phenols is 1. The molecule has 2 aromatic heterocycles. The largest absolute Gasteiger partial charge is 0.508 e. The summed E-state index contributed by atoms with van der Waals surface area (Å²) < 4.78 is 65.2. The van der Waals surface area contributed by atoms with Crippen LogP contribution in [-0.2, 0) is 0 Å². The van der Waals surface area contributed by atoms with Crippen LogP contribution in [0.5, 0.6) is 11.8 Å². The second-order valence-corrected chi connectivity index (χ2v) is 13.1. The topological polar surface area (TPSA) is 86.6 Å². The minimum Gasteiger partial charge on any atom is -0.508 e. The van der Waals surface area contributed by atoms with E-state index >= 15 is 4.39 Å². The number of phenolic OH excluding ortho intramolecular Hbond substituents is 1. The molecule has 0 radical (unpaired) electrons. The molecule has 2 aromatic carbocycles. The van der Waals surface area contributed by atoms with Crippen LogP contribution in [-0.4, -0.2) is 75.4 Å². The van der Waals surface area contributed by atoms with Crippen molar-refractivity contribution in [3.8, 4) is 35.4 Å². The van der Waals surface area contributed by atoms with E-state index in [9.17, 15) is 18.3 Å². The van der Waals surface area contributed by atoms with Gasteiger partial charge < -0.3 is 20.1 Å². The van der Waals surface area contributed by atoms with Gasteiger partial charge in [-0.05, 0) is 49.3 Å². The molecule has 4 aromatic rings. The molecule has 8 nitrogen and oxygen atoms in total. The second-order valence-electron chi connectivity index (χ2n) is 13.1. The molecule has 3 atom stereocenters. The lowest BCUT2D eigenvalue weighted by atomic mass is 9.92. The Kier molecular flexibility index (Phi) is 6.89. The average Bonchev–Trinajstić information content (AvgIpc) is 3.68. The van der Waals surface area contributed by atoms with Gasteiger partial charge in [-0.3, -0.25) is 9.88 Å². The Bertz CT molecular complexity index is 2060. The van der Waals surface area contributed by atoms with Gasteiger partial charge in [-0.25, -0.2) is 8.78 Å². The smallest absolute Gasteiger partial charge is 0.319 e. The highest BCUT2D eigenvalue weighted by atomic mass is 19.3. The van der Waals surface area contributed by atoms with Gasteiger partial charge in [0.25, 0.3) is 6.08 Å². The average molecular weight is 643 g/mol.